The second-order valence-corrected chi connectivity index (χ2v) is 7.98. The van der Waals surface area contributed by atoms with Gasteiger partial charge >= 0.3 is 0 Å². The van der Waals surface area contributed by atoms with Crippen molar-refractivity contribution >= 4 is 29.1 Å². The van der Waals surface area contributed by atoms with Gasteiger partial charge in [0.25, 0.3) is 0 Å². The van der Waals surface area contributed by atoms with E-state index in [0.29, 0.717) is 28.9 Å². The number of hydrogen-bond donors (Lipinski definition) is 2. The first-order valence-electron chi connectivity index (χ1n) is 9.94. The van der Waals surface area contributed by atoms with Crippen molar-refractivity contribution in [1.82, 2.24) is 15.3 Å². The summed E-state index contributed by atoms with van der Waals surface area (Å²) in [5.41, 5.74) is 0. The van der Waals surface area contributed by atoms with E-state index in [2.05, 4.69) is 41.3 Å². The number of piperidine rings is 1. The highest BCUT2D eigenvalue weighted by atomic mass is 32.1. The number of aromatic nitrogens is 2. The van der Waals surface area contributed by atoms with Gasteiger partial charge in [-0.1, -0.05) is 32.0 Å². The topological polar surface area (TPSA) is 62.3 Å². The van der Waals surface area contributed by atoms with E-state index in [-0.39, 0.29) is 0 Å². The quantitative estimate of drug-likeness (QED) is 0.689. The van der Waals surface area contributed by atoms with Crippen molar-refractivity contribution in [2.75, 3.05) is 23.3 Å². The molecule has 0 unspecified atom stereocenters. The zero-order valence-electron chi connectivity index (χ0n) is 16.8. The first kappa shape index (κ1) is 20.3. The molecule has 6 nitrogen and oxygen atoms in total. The van der Waals surface area contributed by atoms with Gasteiger partial charge in [-0.15, -0.1) is 0 Å². The zero-order chi connectivity index (χ0) is 19.9. The van der Waals surface area contributed by atoms with Crippen LogP contribution in [-0.4, -0.2) is 34.2 Å². The average molecular weight is 400 g/mol. The lowest BCUT2D eigenvalue weighted by molar-refractivity contribution is 0.457. The number of rotatable bonds is 6. The normalized spacial score (nSPS) is 16.7. The maximum absolute atomic E-state index is 5.98. The molecule has 2 N–H and O–H groups in total. The lowest BCUT2D eigenvalue weighted by atomic mass is 10.0. The van der Waals surface area contributed by atoms with Crippen LogP contribution < -0.4 is 20.3 Å². The Hall–Kier alpha value is -2.41. The van der Waals surface area contributed by atoms with Crippen molar-refractivity contribution in [2.45, 2.75) is 46.1 Å². The van der Waals surface area contributed by atoms with Crippen LogP contribution in [0.15, 0.2) is 36.4 Å². The molecule has 0 radical (unpaired) electrons. The fraction of sp³-hybridized carbons (Fsp3) is 0.476. The summed E-state index contributed by atoms with van der Waals surface area (Å²) in [5, 5.41) is 6.82. The Bertz CT molecular complexity index is 784. The summed E-state index contributed by atoms with van der Waals surface area (Å²) >= 11 is 5.39. The first-order chi connectivity index (χ1) is 13.5. The number of ether oxygens (including phenoxy) is 1. The summed E-state index contributed by atoms with van der Waals surface area (Å²) < 4.78 is 5.98. The highest BCUT2D eigenvalue weighted by Crippen LogP contribution is 2.28. The highest BCUT2D eigenvalue weighted by molar-refractivity contribution is 7.80. The standard InChI is InChI=1S/C21H29N5OS/c1-15(2)14-22-21(28)25-20-23-18(26-12-8-7-9-16(26)3)13-19(24-20)27-17-10-5-4-6-11-17/h4-6,10-11,13,15-16H,7-9,12,14H2,1-3H3,(H2,22,23,24,25,28)/t16-/m1/s1. The molecule has 0 bridgehead atoms. The van der Waals surface area contributed by atoms with Crippen LogP contribution >= 0.6 is 12.2 Å². The van der Waals surface area contributed by atoms with Crippen LogP contribution in [0.25, 0.3) is 0 Å². The minimum absolute atomic E-state index is 0.437. The van der Waals surface area contributed by atoms with E-state index in [4.69, 9.17) is 21.9 Å². The minimum atomic E-state index is 0.437. The van der Waals surface area contributed by atoms with Crippen LogP contribution in [-0.2, 0) is 0 Å². The lowest BCUT2D eigenvalue weighted by Crippen LogP contribution is -2.38. The zero-order valence-corrected chi connectivity index (χ0v) is 17.6. The third kappa shape index (κ3) is 5.79. The third-order valence-corrected chi connectivity index (χ3v) is 4.89. The molecule has 1 aliphatic heterocycles. The molecule has 150 valence electrons. The van der Waals surface area contributed by atoms with Crippen molar-refractivity contribution in [3.63, 3.8) is 0 Å². The SMILES string of the molecule is CC(C)CNC(=S)Nc1nc(Oc2ccccc2)cc(N2CCCC[C@H]2C)n1. The second-order valence-electron chi connectivity index (χ2n) is 7.57. The molecule has 1 atom stereocenters. The van der Waals surface area contributed by atoms with Gasteiger partial charge in [-0.3, -0.25) is 0 Å². The summed E-state index contributed by atoms with van der Waals surface area (Å²) in [4.78, 5) is 11.5. The van der Waals surface area contributed by atoms with E-state index < -0.39 is 0 Å². The maximum atomic E-state index is 5.98. The average Bonchev–Trinajstić information content (AvgIpc) is 2.67. The van der Waals surface area contributed by atoms with Crippen LogP contribution in [0.3, 0.4) is 0 Å². The number of hydrogen-bond acceptors (Lipinski definition) is 5. The molecule has 2 heterocycles. The molecular weight excluding hydrogens is 370 g/mol. The predicted octanol–water partition coefficient (Wildman–Crippen LogP) is 4.59. The molecule has 28 heavy (non-hydrogen) atoms. The van der Waals surface area contributed by atoms with Crippen LogP contribution in [0.5, 0.6) is 11.6 Å². The summed E-state index contributed by atoms with van der Waals surface area (Å²) in [6.45, 7) is 8.29. The van der Waals surface area contributed by atoms with E-state index in [9.17, 15) is 0 Å². The van der Waals surface area contributed by atoms with E-state index in [1.807, 2.05) is 36.4 Å². The monoisotopic (exact) mass is 399 g/mol. The number of thiocarbonyl (C=S) groups is 1. The van der Waals surface area contributed by atoms with Gasteiger partial charge in [0.2, 0.25) is 11.8 Å². The molecule has 0 aliphatic carbocycles. The molecular formula is C21H29N5OS. The predicted molar refractivity (Wildman–Crippen MR) is 118 cm³/mol. The van der Waals surface area contributed by atoms with Gasteiger partial charge in [0, 0.05) is 25.2 Å². The molecule has 1 saturated heterocycles. The van der Waals surface area contributed by atoms with Crippen molar-refractivity contribution in [2.24, 2.45) is 5.92 Å². The largest absolute Gasteiger partial charge is 0.439 e. The molecule has 0 spiro atoms. The smallest absolute Gasteiger partial charge is 0.234 e. The number of anilines is 2. The summed E-state index contributed by atoms with van der Waals surface area (Å²) in [5.74, 6) is 3.05. The van der Waals surface area contributed by atoms with Crippen molar-refractivity contribution in [3.05, 3.63) is 36.4 Å². The first-order valence-corrected chi connectivity index (χ1v) is 10.4. The Labute approximate surface area is 172 Å². The molecule has 0 amide bonds. The maximum Gasteiger partial charge on any atom is 0.234 e. The van der Waals surface area contributed by atoms with Gasteiger partial charge in [-0.25, -0.2) is 0 Å². The Morgan fingerprint density at radius 1 is 1.25 bits per heavy atom. The van der Waals surface area contributed by atoms with Gasteiger partial charge < -0.3 is 20.3 Å². The second kappa shape index (κ2) is 9.68. The molecule has 7 heteroatoms. The van der Waals surface area contributed by atoms with Gasteiger partial charge in [-0.05, 0) is 56.5 Å². The summed E-state index contributed by atoms with van der Waals surface area (Å²) in [6.07, 6.45) is 3.58. The summed E-state index contributed by atoms with van der Waals surface area (Å²) in [6, 6.07) is 12.0. The fourth-order valence-corrected chi connectivity index (χ4v) is 3.33. The van der Waals surface area contributed by atoms with Crippen LogP contribution in [0.4, 0.5) is 11.8 Å². The van der Waals surface area contributed by atoms with Gasteiger partial charge in [0.1, 0.15) is 11.6 Å². The Balaban J connectivity index is 1.83. The molecule has 2 aromatic rings. The summed E-state index contributed by atoms with van der Waals surface area (Å²) in [7, 11) is 0. The van der Waals surface area contributed by atoms with E-state index in [0.717, 1.165) is 31.1 Å². The highest BCUT2D eigenvalue weighted by Gasteiger charge is 2.21. The van der Waals surface area contributed by atoms with Crippen molar-refractivity contribution in [1.29, 1.82) is 0 Å². The number of nitrogens with one attached hydrogen (secondary N) is 2. The number of benzene rings is 1. The number of nitrogens with zero attached hydrogens (tertiary/aromatic N) is 3. The van der Waals surface area contributed by atoms with Crippen LogP contribution in [0.2, 0.25) is 0 Å². The molecule has 1 aromatic carbocycles. The van der Waals surface area contributed by atoms with Crippen molar-refractivity contribution < 1.29 is 4.74 Å². The van der Waals surface area contributed by atoms with E-state index in [1.165, 1.54) is 12.8 Å². The fourth-order valence-electron chi connectivity index (χ4n) is 3.16. The Morgan fingerprint density at radius 3 is 2.75 bits per heavy atom. The van der Waals surface area contributed by atoms with E-state index in [1.54, 1.807) is 0 Å². The lowest BCUT2D eigenvalue weighted by Gasteiger charge is -2.34. The Kier molecular flexibility index (Phi) is 7.03. The molecule has 1 fully saturated rings. The third-order valence-electron chi connectivity index (χ3n) is 4.65. The molecule has 0 saturated carbocycles. The molecule has 3 rings (SSSR count). The van der Waals surface area contributed by atoms with Gasteiger partial charge in [-0.2, -0.15) is 9.97 Å². The van der Waals surface area contributed by atoms with Crippen LogP contribution in [0.1, 0.15) is 40.0 Å². The van der Waals surface area contributed by atoms with E-state index >= 15 is 0 Å². The molecule has 1 aromatic heterocycles. The molecule has 1 aliphatic rings. The van der Waals surface area contributed by atoms with Gasteiger partial charge in [0.05, 0.1) is 0 Å². The minimum Gasteiger partial charge on any atom is -0.439 e. The Morgan fingerprint density at radius 2 is 2.04 bits per heavy atom. The van der Waals surface area contributed by atoms with Gasteiger partial charge in [0.15, 0.2) is 5.11 Å². The van der Waals surface area contributed by atoms with Crippen LogP contribution in [0, 0.1) is 5.92 Å². The number of para-hydroxylation sites is 1. The van der Waals surface area contributed by atoms with Crippen molar-refractivity contribution in [3.8, 4) is 11.6 Å².